The van der Waals surface area contributed by atoms with Gasteiger partial charge in [-0.1, -0.05) is 45.0 Å². The summed E-state index contributed by atoms with van der Waals surface area (Å²) < 4.78 is 0. The summed E-state index contributed by atoms with van der Waals surface area (Å²) in [5.41, 5.74) is 2.82. The van der Waals surface area contributed by atoms with Crippen molar-refractivity contribution in [1.29, 1.82) is 0 Å². The fourth-order valence-electron chi connectivity index (χ4n) is 2.37. The molecule has 0 aromatic heterocycles. The van der Waals surface area contributed by atoms with Crippen molar-refractivity contribution in [2.75, 3.05) is 20.1 Å². The lowest BCUT2D eigenvalue weighted by molar-refractivity contribution is 0.224. The lowest BCUT2D eigenvalue weighted by atomic mass is 10.0. The maximum Gasteiger partial charge on any atom is 0.0449 e. The van der Waals surface area contributed by atoms with E-state index in [0.717, 1.165) is 19.5 Å². The van der Waals surface area contributed by atoms with Gasteiger partial charge >= 0.3 is 0 Å². The number of hydrogen-bond acceptors (Lipinski definition) is 2. The molecule has 0 amide bonds. The van der Waals surface area contributed by atoms with Crippen LogP contribution in [0.2, 0.25) is 0 Å². The molecule has 0 saturated heterocycles. The predicted octanol–water partition coefficient (Wildman–Crippen LogP) is 4.02. The van der Waals surface area contributed by atoms with Gasteiger partial charge in [0.25, 0.3) is 0 Å². The molecule has 0 bridgehead atoms. The first-order valence-corrected chi connectivity index (χ1v) is 8.14. The van der Waals surface area contributed by atoms with Gasteiger partial charge in [0.05, 0.1) is 0 Å². The Morgan fingerprint density at radius 3 is 2.25 bits per heavy atom. The quantitative estimate of drug-likeness (QED) is 0.733. The monoisotopic (exact) mass is 276 g/mol. The first kappa shape index (κ1) is 17.2. The molecule has 0 aliphatic heterocycles. The van der Waals surface area contributed by atoms with Gasteiger partial charge in [-0.05, 0) is 50.9 Å². The number of nitrogens with zero attached hydrogens (tertiary/aromatic N) is 1. The third-order valence-corrected chi connectivity index (χ3v) is 4.24. The molecule has 0 heterocycles. The molecule has 2 atom stereocenters. The lowest BCUT2D eigenvalue weighted by Crippen LogP contribution is -2.37. The molecular weight excluding hydrogens is 244 g/mol. The van der Waals surface area contributed by atoms with Crippen molar-refractivity contribution in [3.8, 4) is 0 Å². The van der Waals surface area contributed by atoms with Gasteiger partial charge in [-0.15, -0.1) is 0 Å². The van der Waals surface area contributed by atoms with Gasteiger partial charge in [-0.3, -0.25) is 0 Å². The molecular formula is C18H32N2. The van der Waals surface area contributed by atoms with Gasteiger partial charge in [0, 0.05) is 18.6 Å². The smallest absolute Gasteiger partial charge is 0.0449 e. The van der Waals surface area contributed by atoms with E-state index in [1.54, 1.807) is 0 Å². The van der Waals surface area contributed by atoms with Crippen molar-refractivity contribution in [1.82, 2.24) is 10.2 Å². The molecule has 0 saturated carbocycles. The molecule has 1 rings (SSSR count). The number of benzene rings is 1. The number of rotatable bonds is 9. The fourth-order valence-corrected chi connectivity index (χ4v) is 2.37. The molecule has 0 aliphatic carbocycles. The molecule has 114 valence electrons. The number of likely N-dealkylation sites (N-methyl/N-ethyl adjacent to an activating group) is 1. The summed E-state index contributed by atoms with van der Waals surface area (Å²) in [6.07, 6.45) is 3.49. The minimum absolute atomic E-state index is 0.430. The maximum absolute atomic E-state index is 3.69. The van der Waals surface area contributed by atoms with Gasteiger partial charge in [0.1, 0.15) is 0 Å². The van der Waals surface area contributed by atoms with E-state index in [4.69, 9.17) is 0 Å². The average molecular weight is 276 g/mol. The van der Waals surface area contributed by atoms with Crippen LogP contribution in [0.25, 0.3) is 0 Å². The number of aryl methyl sites for hydroxylation is 1. The van der Waals surface area contributed by atoms with Gasteiger partial charge in [-0.25, -0.2) is 0 Å². The zero-order chi connectivity index (χ0) is 15.0. The third-order valence-electron chi connectivity index (χ3n) is 4.24. The van der Waals surface area contributed by atoms with Crippen LogP contribution in [-0.4, -0.2) is 31.1 Å². The first-order valence-electron chi connectivity index (χ1n) is 8.14. The van der Waals surface area contributed by atoms with Crippen molar-refractivity contribution in [3.05, 3.63) is 35.4 Å². The Kier molecular flexibility index (Phi) is 7.86. The van der Waals surface area contributed by atoms with E-state index in [-0.39, 0.29) is 0 Å². The molecule has 0 spiro atoms. The Morgan fingerprint density at radius 2 is 1.75 bits per heavy atom. The van der Waals surface area contributed by atoms with Crippen LogP contribution in [0.15, 0.2) is 24.3 Å². The Hall–Kier alpha value is -0.860. The van der Waals surface area contributed by atoms with E-state index >= 15 is 0 Å². The minimum Gasteiger partial charge on any atom is -0.309 e. The van der Waals surface area contributed by atoms with Gasteiger partial charge in [0.2, 0.25) is 0 Å². The molecule has 1 aromatic rings. The standard InChI is InChI=1S/C18H32N2/c1-6-13-19-18(14-20(5)15(4)7-2)17-11-9-16(8-3)10-12-17/h9-12,15,18-19H,6-8,13-14H2,1-5H3. The largest absolute Gasteiger partial charge is 0.309 e. The zero-order valence-electron chi connectivity index (χ0n) is 13.9. The van der Waals surface area contributed by atoms with E-state index in [0.29, 0.717) is 12.1 Å². The second kappa shape index (κ2) is 9.15. The summed E-state index contributed by atoms with van der Waals surface area (Å²) in [6.45, 7) is 11.1. The molecule has 0 fully saturated rings. The van der Waals surface area contributed by atoms with E-state index in [2.05, 4.69) is 69.2 Å². The topological polar surface area (TPSA) is 15.3 Å². The minimum atomic E-state index is 0.430. The summed E-state index contributed by atoms with van der Waals surface area (Å²) in [5, 5.41) is 3.69. The molecule has 20 heavy (non-hydrogen) atoms. The molecule has 1 N–H and O–H groups in total. The van der Waals surface area contributed by atoms with E-state index in [1.165, 1.54) is 24.0 Å². The van der Waals surface area contributed by atoms with Crippen molar-refractivity contribution in [2.45, 2.75) is 59.0 Å². The molecule has 2 unspecified atom stereocenters. The van der Waals surface area contributed by atoms with E-state index in [9.17, 15) is 0 Å². The highest BCUT2D eigenvalue weighted by Crippen LogP contribution is 2.17. The van der Waals surface area contributed by atoms with Crippen molar-refractivity contribution >= 4 is 0 Å². The number of hydrogen-bond donors (Lipinski definition) is 1. The van der Waals surface area contributed by atoms with Crippen molar-refractivity contribution in [3.63, 3.8) is 0 Å². The highest BCUT2D eigenvalue weighted by atomic mass is 15.1. The fraction of sp³-hybridized carbons (Fsp3) is 0.667. The Labute approximate surface area is 125 Å². The van der Waals surface area contributed by atoms with Crippen LogP contribution in [0.5, 0.6) is 0 Å². The lowest BCUT2D eigenvalue weighted by Gasteiger charge is -2.29. The van der Waals surface area contributed by atoms with Crippen LogP contribution in [0.4, 0.5) is 0 Å². The van der Waals surface area contributed by atoms with E-state index in [1.807, 2.05) is 0 Å². The van der Waals surface area contributed by atoms with Crippen LogP contribution in [0, 0.1) is 0 Å². The Balaban J connectivity index is 2.76. The summed E-state index contributed by atoms with van der Waals surface area (Å²) in [7, 11) is 2.23. The van der Waals surface area contributed by atoms with Crippen LogP contribution in [0.1, 0.15) is 57.7 Å². The second-order valence-electron chi connectivity index (χ2n) is 5.80. The first-order chi connectivity index (χ1) is 9.62. The molecule has 0 radical (unpaired) electrons. The summed E-state index contributed by atoms with van der Waals surface area (Å²) >= 11 is 0. The van der Waals surface area contributed by atoms with Crippen molar-refractivity contribution < 1.29 is 0 Å². The van der Waals surface area contributed by atoms with Gasteiger partial charge in [0.15, 0.2) is 0 Å². The number of nitrogens with one attached hydrogen (secondary N) is 1. The van der Waals surface area contributed by atoms with Crippen LogP contribution in [-0.2, 0) is 6.42 Å². The maximum atomic E-state index is 3.69. The highest BCUT2D eigenvalue weighted by molar-refractivity contribution is 5.25. The summed E-state index contributed by atoms with van der Waals surface area (Å²) in [6, 6.07) is 10.2. The van der Waals surface area contributed by atoms with Crippen LogP contribution < -0.4 is 5.32 Å². The van der Waals surface area contributed by atoms with Crippen molar-refractivity contribution in [2.24, 2.45) is 0 Å². The van der Waals surface area contributed by atoms with Crippen LogP contribution >= 0.6 is 0 Å². The summed E-state index contributed by atoms with van der Waals surface area (Å²) in [5.74, 6) is 0. The molecule has 2 nitrogen and oxygen atoms in total. The Bertz CT molecular complexity index is 358. The molecule has 0 aliphatic rings. The Morgan fingerprint density at radius 1 is 1.10 bits per heavy atom. The van der Waals surface area contributed by atoms with E-state index < -0.39 is 0 Å². The van der Waals surface area contributed by atoms with Gasteiger partial charge in [-0.2, -0.15) is 0 Å². The third kappa shape index (κ3) is 5.26. The van der Waals surface area contributed by atoms with Crippen LogP contribution in [0.3, 0.4) is 0 Å². The average Bonchev–Trinajstić information content (AvgIpc) is 2.50. The highest BCUT2D eigenvalue weighted by Gasteiger charge is 2.16. The summed E-state index contributed by atoms with van der Waals surface area (Å²) in [4.78, 5) is 2.46. The molecule has 1 aromatic carbocycles. The van der Waals surface area contributed by atoms with Gasteiger partial charge < -0.3 is 10.2 Å². The zero-order valence-corrected chi connectivity index (χ0v) is 13.9. The SMILES string of the molecule is CCCNC(CN(C)C(C)CC)c1ccc(CC)cc1. The predicted molar refractivity (Wildman–Crippen MR) is 89.2 cm³/mol. The molecule has 2 heteroatoms. The second-order valence-corrected chi connectivity index (χ2v) is 5.80. The normalized spacial score (nSPS) is 14.5.